The summed E-state index contributed by atoms with van der Waals surface area (Å²) in [6.45, 7) is 0. The topological polar surface area (TPSA) is 46.2 Å². The van der Waals surface area contributed by atoms with Gasteiger partial charge in [0.05, 0.1) is 6.04 Å². The van der Waals surface area contributed by atoms with Crippen LogP contribution in [0, 0.1) is 0 Å². The first-order valence-corrected chi connectivity index (χ1v) is 3.92. The van der Waals surface area contributed by atoms with E-state index >= 15 is 0 Å². The molecular formula is C8H8ClF2NO. The van der Waals surface area contributed by atoms with Crippen molar-refractivity contribution in [3.63, 3.8) is 0 Å². The number of phenolic OH excluding ortho intramolecular Hbond substituents is 1. The molecule has 72 valence electrons. The molecule has 1 aromatic carbocycles. The molecule has 0 bridgehead atoms. The molecule has 13 heavy (non-hydrogen) atoms. The number of phenols is 1. The second-order valence-corrected chi connectivity index (χ2v) is 3.00. The molecule has 0 aliphatic carbocycles. The van der Waals surface area contributed by atoms with Crippen molar-refractivity contribution in [1.29, 1.82) is 0 Å². The SMILES string of the molecule is NC(c1cc(Cl)ccc1O)C(F)F. The lowest BCUT2D eigenvalue weighted by Crippen LogP contribution is -2.18. The van der Waals surface area contributed by atoms with E-state index in [1.165, 1.54) is 18.2 Å². The Labute approximate surface area is 78.9 Å². The number of hydrogen-bond acceptors (Lipinski definition) is 2. The standard InChI is InChI=1S/C8H8ClF2NO/c9-4-1-2-6(13)5(3-4)7(12)8(10)11/h1-3,7-8,13H,12H2. The molecule has 1 aromatic rings. The number of nitrogens with two attached hydrogens (primary N) is 1. The minimum atomic E-state index is -2.72. The molecule has 0 fully saturated rings. The van der Waals surface area contributed by atoms with Gasteiger partial charge in [-0.3, -0.25) is 0 Å². The zero-order valence-electron chi connectivity index (χ0n) is 6.55. The van der Waals surface area contributed by atoms with Gasteiger partial charge in [-0.1, -0.05) is 11.6 Å². The maximum atomic E-state index is 12.1. The summed E-state index contributed by atoms with van der Waals surface area (Å²) in [4.78, 5) is 0. The molecule has 1 rings (SSSR count). The summed E-state index contributed by atoms with van der Waals surface area (Å²) in [5, 5.41) is 9.45. The Balaban J connectivity index is 3.05. The lowest BCUT2D eigenvalue weighted by Gasteiger charge is -2.12. The van der Waals surface area contributed by atoms with Crippen LogP contribution in [0.2, 0.25) is 5.02 Å². The van der Waals surface area contributed by atoms with Crippen molar-refractivity contribution in [2.75, 3.05) is 0 Å². The van der Waals surface area contributed by atoms with Crippen molar-refractivity contribution in [2.45, 2.75) is 12.5 Å². The molecule has 0 heterocycles. The van der Waals surface area contributed by atoms with Gasteiger partial charge in [0.15, 0.2) is 0 Å². The van der Waals surface area contributed by atoms with E-state index in [0.29, 0.717) is 0 Å². The molecule has 5 heteroatoms. The first-order chi connectivity index (χ1) is 6.02. The van der Waals surface area contributed by atoms with Crippen LogP contribution in [0.3, 0.4) is 0 Å². The van der Waals surface area contributed by atoms with Gasteiger partial charge < -0.3 is 10.8 Å². The number of halogens is 3. The lowest BCUT2D eigenvalue weighted by atomic mass is 10.1. The van der Waals surface area contributed by atoms with E-state index in [1.807, 2.05) is 0 Å². The third-order valence-corrected chi connectivity index (χ3v) is 1.86. The van der Waals surface area contributed by atoms with Gasteiger partial charge in [0.25, 0.3) is 6.43 Å². The quantitative estimate of drug-likeness (QED) is 0.782. The fraction of sp³-hybridized carbons (Fsp3) is 0.250. The zero-order chi connectivity index (χ0) is 10.0. The maximum Gasteiger partial charge on any atom is 0.257 e. The van der Waals surface area contributed by atoms with Crippen molar-refractivity contribution < 1.29 is 13.9 Å². The minimum absolute atomic E-state index is 0.0394. The van der Waals surface area contributed by atoms with Crippen LogP contribution in [-0.4, -0.2) is 11.5 Å². The molecule has 1 unspecified atom stereocenters. The third-order valence-electron chi connectivity index (χ3n) is 1.62. The van der Waals surface area contributed by atoms with Gasteiger partial charge >= 0.3 is 0 Å². The molecule has 3 N–H and O–H groups in total. The van der Waals surface area contributed by atoms with Crippen LogP contribution < -0.4 is 5.73 Å². The summed E-state index contributed by atoms with van der Waals surface area (Å²) in [5.41, 5.74) is 5.10. The molecule has 0 amide bonds. The van der Waals surface area contributed by atoms with Gasteiger partial charge in [-0.2, -0.15) is 0 Å². The average Bonchev–Trinajstić information content (AvgIpc) is 2.08. The number of alkyl halides is 2. The second-order valence-electron chi connectivity index (χ2n) is 2.56. The summed E-state index contributed by atoms with van der Waals surface area (Å²) >= 11 is 5.55. The maximum absolute atomic E-state index is 12.1. The molecular weight excluding hydrogens is 200 g/mol. The van der Waals surface area contributed by atoms with Crippen molar-refractivity contribution >= 4 is 11.6 Å². The predicted molar refractivity (Wildman–Crippen MR) is 46.0 cm³/mol. The highest BCUT2D eigenvalue weighted by Gasteiger charge is 2.20. The van der Waals surface area contributed by atoms with Crippen molar-refractivity contribution in [3.05, 3.63) is 28.8 Å². The molecule has 0 aromatic heterocycles. The lowest BCUT2D eigenvalue weighted by molar-refractivity contribution is 0.115. The van der Waals surface area contributed by atoms with Crippen molar-refractivity contribution in [2.24, 2.45) is 5.73 Å². The highest BCUT2D eigenvalue weighted by molar-refractivity contribution is 6.30. The van der Waals surface area contributed by atoms with Crippen molar-refractivity contribution in [3.8, 4) is 5.75 Å². The van der Waals surface area contributed by atoms with Crippen LogP contribution in [0.25, 0.3) is 0 Å². The van der Waals surface area contributed by atoms with E-state index < -0.39 is 12.5 Å². The fourth-order valence-electron chi connectivity index (χ4n) is 0.928. The molecule has 1 atom stereocenters. The minimum Gasteiger partial charge on any atom is -0.508 e. The van der Waals surface area contributed by atoms with Crippen LogP contribution in [0.1, 0.15) is 11.6 Å². The van der Waals surface area contributed by atoms with Crippen LogP contribution in [0.15, 0.2) is 18.2 Å². The van der Waals surface area contributed by atoms with E-state index in [9.17, 15) is 13.9 Å². The fourth-order valence-corrected chi connectivity index (χ4v) is 1.11. The summed E-state index contributed by atoms with van der Waals surface area (Å²) in [6, 6.07) is 2.37. The smallest absolute Gasteiger partial charge is 0.257 e. The Morgan fingerprint density at radius 2 is 2.00 bits per heavy atom. The summed E-state index contributed by atoms with van der Waals surface area (Å²) in [7, 11) is 0. The number of rotatable bonds is 2. The number of benzene rings is 1. The number of hydrogen-bond donors (Lipinski definition) is 2. The third kappa shape index (κ3) is 2.29. The van der Waals surface area contributed by atoms with Gasteiger partial charge in [0, 0.05) is 10.6 Å². The summed E-state index contributed by atoms with van der Waals surface area (Å²) in [5.74, 6) is -0.266. The van der Waals surface area contributed by atoms with Gasteiger partial charge in [-0.05, 0) is 18.2 Å². The van der Waals surface area contributed by atoms with E-state index in [4.69, 9.17) is 17.3 Å². The predicted octanol–water partition coefficient (Wildman–Crippen LogP) is 2.31. The molecule has 0 saturated carbocycles. The van der Waals surface area contributed by atoms with E-state index in [-0.39, 0.29) is 16.3 Å². The molecule has 0 spiro atoms. The molecule has 2 nitrogen and oxygen atoms in total. The number of aromatic hydroxyl groups is 1. The largest absolute Gasteiger partial charge is 0.508 e. The van der Waals surface area contributed by atoms with Crippen LogP contribution >= 0.6 is 11.6 Å². The van der Waals surface area contributed by atoms with Gasteiger partial charge in [0.2, 0.25) is 0 Å². The first kappa shape index (κ1) is 10.2. The van der Waals surface area contributed by atoms with E-state index in [0.717, 1.165) is 0 Å². The average molecular weight is 208 g/mol. The van der Waals surface area contributed by atoms with Gasteiger partial charge in [0.1, 0.15) is 5.75 Å². The highest BCUT2D eigenvalue weighted by atomic mass is 35.5. The Kier molecular flexibility index (Phi) is 3.06. The summed E-state index contributed by atoms with van der Waals surface area (Å²) < 4.78 is 24.3. The molecule has 0 aliphatic heterocycles. The van der Waals surface area contributed by atoms with Gasteiger partial charge in [-0.25, -0.2) is 8.78 Å². The molecule has 0 radical (unpaired) electrons. The summed E-state index contributed by atoms with van der Waals surface area (Å²) in [6.07, 6.45) is -2.72. The highest BCUT2D eigenvalue weighted by Crippen LogP contribution is 2.29. The Bertz CT molecular complexity index is 306. The molecule has 0 saturated heterocycles. The first-order valence-electron chi connectivity index (χ1n) is 3.54. The van der Waals surface area contributed by atoms with E-state index in [2.05, 4.69) is 0 Å². The van der Waals surface area contributed by atoms with Crippen LogP contribution in [-0.2, 0) is 0 Å². The second kappa shape index (κ2) is 3.89. The van der Waals surface area contributed by atoms with E-state index in [1.54, 1.807) is 0 Å². The Morgan fingerprint density at radius 1 is 1.38 bits per heavy atom. The Hall–Kier alpha value is -0.870. The molecule has 0 aliphatic rings. The van der Waals surface area contributed by atoms with Gasteiger partial charge in [-0.15, -0.1) is 0 Å². The monoisotopic (exact) mass is 207 g/mol. The van der Waals surface area contributed by atoms with Crippen LogP contribution in [0.4, 0.5) is 8.78 Å². The van der Waals surface area contributed by atoms with Crippen molar-refractivity contribution in [1.82, 2.24) is 0 Å². The Morgan fingerprint density at radius 3 is 2.54 bits per heavy atom. The zero-order valence-corrected chi connectivity index (χ0v) is 7.30. The van der Waals surface area contributed by atoms with Crippen LogP contribution in [0.5, 0.6) is 5.75 Å². The normalized spacial score (nSPS) is 13.3.